The van der Waals surface area contributed by atoms with Gasteiger partial charge in [0.05, 0.1) is 23.8 Å². The molecule has 1 amide bonds. The number of nitrogens with one attached hydrogen (secondary N) is 1. The van der Waals surface area contributed by atoms with Crippen molar-refractivity contribution in [3.63, 3.8) is 0 Å². The number of amides is 1. The quantitative estimate of drug-likeness (QED) is 0.600. The van der Waals surface area contributed by atoms with Crippen molar-refractivity contribution < 1.29 is 22.5 Å². The predicted octanol–water partition coefficient (Wildman–Crippen LogP) is 3.28. The minimum atomic E-state index is -3.90. The smallest absolute Gasteiger partial charge is 0.316 e. The molecule has 0 unspecified atom stereocenters. The highest BCUT2D eigenvalue weighted by molar-refractivity contribution is 7.92. The van der Waals surface area contributed by atoms with Crippen LogP contribution in [-0.2, 0) is 14.8 Å². The number of aromatic nitrogens is 2. The fourth-order valence-electron chi connectivity index (χ4n) is 3.30. The van der Waals surface area contributed by atoms with Crippen molar-refractivity contribution >= 4 is 33.2 Å². The molecule has 11 heteroatoms. The van der Waals surface area contributed by atoms with Gasteiger partial charge in [0.1, 0.15) is 0 Å². The molecule has 2 aromatic carbocycles. The van der Waals surface area contributed by atoms with E-state index in [0.29, 0.717) is 53.7 Å². The molecule has 0 atom stereocenters. The summed E-state index contributed by atoms with van der Waals surface area (Å²) in [6, 6.07) is 9.68. The van der Waals surface area contributed by atoms with Crippen LogP contribution in [-0.4, -0.2) is 55.7 Å². The van der Waals surface area contributed by atoms with Gasteiger partial charge >= 0.3 is 11.8 Å². The first-order chi connectivity index (χ1) is 15.2. The molecule has 3 aromatic rings. The molecular weight excluding hydrogens is 456 g/mol. The highest BCUT2D eigenvalue weighted by atomic mass is 35.5. The van der Waals surface area contributed by atoms with E-state index in [4.69, 9.17) is 20.9 Å². The van der Waals surface area contributed by atoms with Crippen LogP contribution in [0, 0.1) is 13.8 Å². The average molecular weight is 477 g/mol. The van der Waals surface area contributed by atoms with Crippen LogP contribution in [0.15, 0.2) is 45.8 Å². The van der Waals surface area contributed by atoms with Crippen molar-refractivity contribution in [2.24, 2.45) is 0 Å². The van der Waals surface area contributed by atoms with Crippen LogP contribution < -0.4 is 4.72 Å². The van der Waals surface area contributed by atoms with Gasteiger partial charge in [0.2, 0.25) is 5.82 Å². The second-order valence-electron chi connectivity index (χ2n) is 7.37. The number of rotatable bonds is 5. The lowest BCUT2D eigenvalue weighted by Crippen LogP contribution is -2.40. The zero-order valence-corrected chi connectivity index (χ0v) is 19.0. The highest BCUT2D eigenvalue weighted by Crippen LogP contribution is 2.27. The van der Waals surface area contributed by atoms with Crippen LogP contribution in [0.1, 0.15) is 21.8 Å². The van der Waals surface area contributed by atoms with Crippen molar-refractivity contribution in [2.75, 3.05) is 31.0 Å². The molecule has 0 aliphatic carbocycles. The second kappa shape index (κ2) is 8.89. The van der Waals surface area contributed by atoms with E-state index in [2.05, 4.69) is 14.9 Å². The normalized spacial score (nSPS) is 14.4. The van der Waals surface area contributed by atoms with Crippen LogP contribution >= 0.6 is 11.6 Å². The summed E-state index contributed by atoms with van der Waals surface area (Å²) >= 11 is 5.96. The highest BCUT2D eigenvalue weighted by Gasteiger charge is 2.25. The summed E-state index contributed by atoms with van der Waals surface area (Å²) in [6.45, 7) is 5.24. The van der Waals surface area contributed by atoms with E-state index in [-0.39, 0.29) is 22.5 Å². The summed E-state index contributed by atoms with van der Waals surface area (Å²) < 4.78 is 39.1. The maximum Gasteiger partial charge on any atom is 0.316 e. The number of aryl methyl sites for hydroxylation is 2. The number of carbonyl (C=O) groups is 1. The Balaban J connectivity index is 1.61. The lowest BCUT2D eigenvalue weighted by atomic mass is 10.1. The monoisotopic (exact) mass is 476 g/mol. The number of benzene rings is 2. The summed E-state index contributed by atoms with van der Waals surface area (Å²) in [6.07, 6.45) is 0. The van der Waals surface area contributed by atoms with Gasteiger partial charge in [-0.25, -0.2) is 8.42 Å². The van der Waals surface area contributed by atoms with Gasteiger partial charge in [0.15, 0.2) is 0 Å². The third-order valence-electron chi connectivity index (χ3n) is 5.08. The molecule has 0 radical (unpaired) electrons. The van der Waals surface area contributed by atoms with Gasteiger partial charge in [-0.05, 0) is 49.2 Å². The zero-order valence-electron chi connectivity index (χ0n) is 17.5. The Morgan fingerprint density at radius 1 is 1.09 bits per heavy atom. The van der Waals surface area contributed by atoms with Crippen molar-refractivity contribution in [3.05, 3.63) is 58.4 Å². The van der Waals surface area contributed by atoms with Crippen LogP contribution in [0.2, 0.25) is 5.02 Å². The first kappa shape index (κ1) is 22.3. The molecule has 1 aliphatic rings. The van der Waals surface area contributed by atoms with Crippen LogP contribution in [0.4, 0.5) is 5.69 Å². The molecule has 1 aliphatic heterocycles. The molecule has 0 spiro atoms. The molecular formula is C21H21ClN4O5S. The lowest BCUT2D eigenvalue weighted by Gasteiger charge is -2.25. The van der Waals surface area contributed by atoms with Crippen molar-refractivity contribution in [1.82, 2.24) is 15.0 Å². The molecule has 0 saturated carbocycles. The molecule has 0 bridgehead atoms. The number of morpholine rings is 1. The number of halogens is 1. The Morgan fingerprint density at radius 3 is 2.56 bits per heavy atom. The van der Waals surface area contributed by atoms with E-state index in [1.165, 1.54) is 6.07 Å². The van der Waals surface area contributed by atoms with Crippen LogP contribution in [0.3, 0.4) is 0 Å². The van der Waals surface area contributed by atoms with E-state index >= 15 is 0 Å². The lowest BCUT2D eigenvalue weighted by molar-refractivity contribution is 0.0272. The standard InChI is InChI=1S/C21H21ClN4O5S/c1-13-3-4-15(19-23-20(31-24-19)21(27)26-7-9-30-10-8-26)12-18(13)32(28,29)25-17-6-5-16(22)11-14(17)2/h3-6,11-12,25H,7-10H2,1-2H3. The third-order valence-corrected chi connectivity index (χ3v) is 6.82. The fraction of sp³-hybridized carbons (Fsp3) is 0.286. The maximum atomic E-state index is 13.1. The van der Waals surface area contributed by atoms with E-state index in [9.17, 15) is 13.2 Å². The molecule has 168 valence electrons. The van der Waals surface area contributed by atoms with Crippen molar-refractivity contribution in [3.8, 4) is 11.4 Å². The molecule has 9 nitrogen and oxygen atoms in total. The van der Waals surface area contributed by atoms with E-state index < -0.39 is 10.0 Å². The largest absolute Gasteiger partial charge is 0.378 e. The molecule has 1 saturated heterocycles. The third kappa shape index (κ3) is 4.62. The Hall–Kier alpha value is -2.95. The summed E-state index contributed by atoms with van der Waals surface area (Å²) in [5.41, 5.74) is 2.08. The van der Waals surface area contributed by atoms with Crippen LogP contribution in [0.25, 0.3) is 11.4 Å². The zero-order chi connectivity index (χ0) is 22.9. The molecule has 1 aromatic heterocycles. The fourth-order valence-corrected chi connectivity index (χ4v) is 4.93. The number of nitrogens with zero attached hydrogens (tertiary/aromatic N) is 3. The number of anilines is 1. The minimum Gasteiger partial charge on any atom is -0.378 e. The van der Waals surface area contributed by atoms with E-state index in [0.717, 1.165) is 0 Å². The minimum absolute atomic E-state index is 0.0650. The second-order valence-corrected chi connectivity index (χ2v) is 9.46. The topological polar surface area (TPSA) is 115 Å². The van der Waals surface area contributed by atoms with Gasteiger partial charge < -0.3 is 14.2 Å². The molecule has 1 N–H and O–H groups in total. The molecule has 1 fully saturated rings. The Labute approximate surface area is 190 Å². The van der Waals surface area contributed by atoms with Crippen molar-refractivity contribution in [2.45, 2.75) is 18.7 Å². The van der Waals surface area contributed by atoms with E-state index in [1.54, 1.807) is 49.1 Å². The van der Waals surface area contributed by atoms with Crippen LogP contribution in [0.5, 0.6) is 0 Å². The Morgan fingerprint density at radius 2 is 1.84 bits per heavy atom. The Kier molecular flexibility index (Phi) is 6.18. The first-order valence-electron chi connectivity index (χ1n) is 9.85. The summed E-state index contributed by atoms with van der Waals surface area (Å²) in [7, 11) is -3.90. The molecule has 32 heavy (non-hydrogen) atoms. The number of hydrogen-bond donors (Lipinski definition) is 1. The number of ether oxygens (including phenoxy) is 1. The predicted molar refractivity (Wildman–Crippen MR) is 118 cm³/mol. The summed E-state index contributed by atoms with van der Waals surface area (Å²) in [4.78, 5) is 18.4. The molecule has 2 heterocycles. The van der Waals surface area contributed by atoms with Gasteiger partial charge in [-0.1, -0.05) is 28.9 Å². The summed E-state index contributed by atoms with van der Waals surface area (Å²) in [5.74, 6) is -0.408. The van der Waals surface area contributed by atoms with E-state index in [1.807, 2.05) is 0 Å². The Bertz CT molecular complexity index is 1270. The van der Waals surface area contributed by atoms with Crippen molar-refractivity contribution in [1.29, 1.82) is 0 Å². The number of hydrogen-bond acceptors (Lipinski definition) is 7. The van der Waals surface area contributed by atoms with Gasteiger partial charge in [-0.15, -0.1) is 0 Å². The maximum absolute atomic E-state index is 13.1. The molecule has 4 rings (SSSR count). The van der Waals surface area contributed by atoms with Gasteiger partial charge in [0.25, 0.3) is 10.0 Å². The number of sulfonamides is 1. The SMILES string of the molecule is Cc1cc(Cl)ccc1NS(=O)(=O)c1cc(-c2noc(C(=O)N3CCOCC3)n2)ccc1C. The summed E-state index contributed by atoms with van der Waals surface area (Å²) in [5, 5.41) is 4.39. The van der Waals surface area contributed by atoms with Gasteiger partial charge in [-0.3, -0.25) is 9.52 Å². The number of carbonyl (C=O) groups excluding carboxylic acids is 1. The van der Waals surface area contributed by atoms with Gasteiger partial charge in [0, 0.05) is 23.7 Å². The van der Waals surface area contributed by atoms with Gasteiger partial charge in [-0.2, -0.15) is 4.98 Å². The average Bonchev–Trinajstić information content (AvgIpc) is 3.26. The first-order valence-corrected chi connectivity index (χ1v) is 11.7.